The minimum absolute atomic E-state index is 0.156. The van der Waals surface area contributed by atoms with E-state index in [1.165, 1.54) is 7.11 Å². The summed E-state index contributed by atoms with van der Waals surface area (Å²) in [6.07, 6.45) is 4.50. The van der Waals surface area contributed by atoms with Gasteiger partial charge in [0.2, 0.25) is 0 Å². The smallest absolute Gasteiger partial charge is 0.305 e. The van der Waals surface area contributed by atoms with Crippen molar-refractivity contribution in [3.05, 3.63) is 0 Å². The van der Waals surface area contributed by atoms with Crippen molar-refractivity contribution >= 4 is 11.9 Å². The topological polar surface area (TPSA) is 63.6 Å². The first-order valence-electron chi connectivity index (χ1n) is 5.40. The number of rotatable bonds is 4. The lowest BCUT2D eigenvalue weighted by Crippen LogP contribution is -2.19. The van der Waals surface area contributed by atoms with Gasteiger partial charge >= 0.3 is 11.9 Å². The Balaban J connectivity index is 2.23. The predicted octanol–water partition coefficient (Wildman–Crippen LogP) is 1.83. The molecule has 0 heterocycles. The van der Waals surface area contributed by atoms with Gasteiger partial charge in [0.1, 0.15) is 0 Å². The average molecular weight is 214 g/mol. The first kappa shape index (κ1) is 12.0. The van der Waals surface area contributed by atoms with E-state index < -0.39 is 5.97 Å². The highest BCUT2D eigenvalue weighted by atomic mass is 16.5. The van der Waals surface area contributed by atoms with Crippen molar-refractivity contribution in [2.24, 2.45) is 11.8 Å². The molecule has 0 amide bonds. The Morgan fingerprint density at radius 3 is 2.00 bits per heavy atom. The van der Waals surface area contributed by atoms with Crippen LogP contribution in [0.1, 0.15) is 38.5 Å². The summed E-state index contributed by atoms with van der Waals surface area (Å²) in [7, 11) is 1.40. The van der Waals surface area contributed by atoms with E-state index in [2.05, 4.69) is 4.74 Å². The Hall–Kier alpha value is -1.06. The lowest BCUT2D eigenvalue weighted by Gasteiger charge is -2.26. The summed E-state index contributed by atoms with van der Waals surface area (Å²) in [5, 5.41) is 8.64. The zero-order valence-electron chi connectivity index (χ0n) is 9.07. The number of esters is 1. The molecule has 0 saturated heterocycles. The van der Waals surface area contributed by atoms with Gasteiger partial charge in [0.15, 0.2) is 0 Å². The molecule has 0 aromatic carbocycles. The molecule has 1 aliphatic rings. The van der Waals surface area contributed by atoms with E-state index in [0.717, 1.165) is 25.7 Å². The summed E-state index contributed by atoms with van der Waals surface area (Å²) in [6, 6.07) is 0. The van der Waals surface area contributed by atoms with Gasteiger partial charge < -0.3 is 9.84 Å². The molecule has 86 valence electrons. The number of hydrogen-bond acceptors (Lipinski definition) is 3. The Bertz CT molecular complexity index is 229. The van der Waals surface area contributed by atoms with E-state index in [1.807, 2.05) is 0 Å². The zero-order chi connectivity index (χ0) is 11.3. The van der Waals surface area contributed by atoms with Crippen molar-refractivity contribution in [3.63, 3.8) is 0 Å². The average Bonchev–Trinajstić information content (AvgIpc) is 2.20. The fourth-order valence-corrected chi connectivity index (χ4v) is 2.21. The predicted molar refractivity (Wildman–Crippen MR) is 54.3 cm³/mol. The fourth-order valence-electron chi connectivity index (χ4n) is 2.21. The van der Waals surface area contributed by atoms with Crippen LogP contribution in [0.5, 0.6) is 0 Å². The van der Waals surface area contributed by atoms with E-state index >= 15 is 0 Å². The first-order chi connectivity index (χ1) is 7.11. The van der Waals surface area contributed by atoms with Gasteiger partial charge in [-0.2, -0.15) is 0 Å². The summed E-state index contributed by atoms with van der Waals surface area (Å²) in [5.41, 5.74) is 0. The normalized spacial score (nSPS) is 25.9. The highest BCUT2D eigenvalue weighted by Crippen LogP contribution is 2.32. The van der Waals surface area contributed by atoms with Crippen LogP contribution in [0.2, 0.25) is 0 Å². The Morgan fingerprint density at radius 2 is 1.60 bits per heavy atom. The fraction of sp³-hybridized carbons (Fsp3) is 0.818. The number of methoxy groups -OCH3 is 1. The van der Waals surface area contributed by atoms with Crippen molar-refractivity contribution in [3.8, 4) is 0 Å². The molecule has 4 nitrogen and oxygen atoms in total. The molecular weight excluding hydrogens is 196 g/mol. The van der Waals surface area contributed by atoms with Crippen LogP contribution in [0.4, 0.5) is 0 Å². The Labute approximate surface area is 89.6 Å². The van der Waals surface area contributed by atoms with Gasteiger partial charge in [-0.25, -0.2) is 0 Å². The van der Waals surface area contributed by atoms with Crippen LogP contribution in [-0.2, 0) is 14.3 Å². The van der Waals surface area contributed by atoms with Gasteiger partial charge in [0.05, 0.1) is 7.11 Å². The van der Waals surface area contributed by atoms with Crippen LogP contribution in [0, 0.1) is 11.8 Å². The molecule has 0 bridgehead atoms. The second-order valence-electron chi connectivity index (χ2n) is 4.26. The summed E-state index contributed by atoms with van der Waals surface area (Å²) in [5.74, 6) is -0.179. The summed E-state index contributed by atoms with van der Waals surface area (Å²) in [6.45, 7) is 0. The van der Waals surface area contributed by atoms with Crippen molar-refractivity contribution in [1.29, 1.82) is 0 Å². The summed E-state index contributed by atoms with van der Waals surface area (Å²) in [4.78, 5) is 21.5. The van der Waals surface area contributed by atoms with Crippen LogP contribution >= 0.6 is 0 Å². The maximum absolute atomic E-state index is 11.0. The number of aliphatic carboxylic acids is 1. The van der Waals surface area contributed by atoms with Gasteiger partial charge in [-0.1, -0.05) is 0 Å². The SMILES string of the molecule is COC(=O)CC1CCC(CC(=O)O)CC1. The number of carboxylic acids is 1. The monoisotopic (exact) mass is 214 g/mol. The van der Waals surface area contributed by atoms with Crippen molar-refractivity contribution in [2.45, 2.75) is 38.5 Å². The number of carbonyl (C=O) groups is 2. The highest BCUT2D eigenvalue weighted by molar-refractivity contribution is 5.69. The Morgan fingerprint density at radius 1 is 1.13 bits per heavy atom. The van der Waals surface area contributed by atoms with Crippen molar-refractivity contribution in [1.82, 2.24) is 0 Å². The third kappa shape index (κ3) is 4.32. The standard InChI is InChI=1S/C11H18O4/c1-15-11(14)7-9-4-2-8(3-5-9)6-10(12)13/h8-9H,2-7H2,1H3,(H,12,13). The molecule has 0 aromatic rings. The van der Waals surface area contributed by atoms with Crippen LogP contribution in [0.3, 0.4) is 0 Å². The van der Waals surface area contributed by atoms with Gasteiger partial charge in [-0.3, -0.25) is 9.59 Å². The molecule has 15 heavy (non-hydrogen) atoms. The van der Waals surface area contributed by atoms with E-state index in [-0.39, 0.29) is 12.4 Å². The van der Waals surface area contributed by atoms with E-state index in [1.54, 1.807) is 0 Å². The van der Waals surface area contributed by atoms with E-state index in [0.29, 0.717) is 18.3 Å². The molecule has 0 aliphatic heterocycles. The molecular formula is C11H18O4. The zero-order valence-corrected chi connectivity index (χ0v) is 9.07. The molecule has 1 rings (SSSR count). The molecule has 0 aromatic heterocycles. The third-order valence-corrected chi connectivity index (χ3v) is 3.11. The van der Waals surface area contributed by atoms with Crippen LogP contribution in [0.25, 0.3) is 0 Å². The van der Waals surface area contributed by atoms with Crippen molar-refractivity contribution < 1.29 is 19.4 Å². The molecule has 1 aliphatic carbocycles. The quantitative estimate of drug-likeness (QED) is 0.725. The Kier molecular flexibility index (Phi) is 4.59. The lowest BCUT2D eigenvalue weighted by atomic mass is 9.79. The molecule has 0 radical (unpaired) electrons. The maximum atomic E-state index is 11.0. The molecule has 0 unspecified atom stereocenters. The van der Waals surface area contributed by atoms with Crippen LogP contribution in [0.15, 0.2) is 0 Å². The summed E-state index contributed by atoms with van der Waals surface area (Å²) < 4.78 is 4.61. The van der Waals surface area contributed by atoms with Gasteiger partial charge in [0.25, 0.3) is 0 Å². The molecule has 0 atom stereocenters. The maximum Gasteiger partial charge on any atom is 0.305 e. The number of carboxylic acid groups (broad SMARTS) is 1. The van der Waals surface area contributed by atoms with E-state index in [4.69, 9.17) is 5.11 Å². The largest absolute Gasteiger partial charge is 0.481 e. The van der Waals surface area contributed by atoms with Crippen LogP contribution in [-0.4, -0.2) is 24.2 Å². The van der Waals surface area contributed by atoms with E-state index in [9.17, 15) is 9.59 Å². The van der Waals surface area contributed by atoms with Gasteiger partial charge in [0, 0.05) is 12.8 Å². The van der Waals surface area contributed by atoms with Crippen molar-refractivity contribution in [2.75, 3.05) is 7.11 Å². The second-order valence-corrected chi connectivity index (χ2v) is 4.26. The first-order valence-corrected chi connectivity index (χ1v) is 5.40. The van der Waals surface area contributed by atoms with Gasteiger partial charge in [-0.05, 0) is 37.5 Å². The van der Waals surface area contributed by atoms with Gasteiger partial charge in [-0.15, -0.1) is 0 Å². The highest BCUT2D eigenvalue weighted by Gasteiger charge is 2.24. The molecule has 4 heteroatoms. The molecule has 1 fully saturated rings. The minimum atomic E-state index is -0.716. The number of ether oxygens (including phenoxy) is 1. The van der Waals surface area contributed by atoms with Crippen LogP contribution < -0.4 is 0 Å². The third-order valence-electron chi connectivity index (χ3n) is 3.11. The molecule has 1 saturated carbocycles. The molecule has 1 N–H and O–H groups in total. The summed E-state index contributed by atoms with van der Waals surface area (Å²) >= 11 is 0. The lowest BCUT2D eigenvalue weighted by molar-refractivity contribution is -0.142. The number of hydrogen-bond donors (Lipinski definition) is 1. The molecule has 0 spiro atoms. The second kappa shape index (κ2) is 5.73. The minimum Gasteiger partial charge on any atom is -0.481 e. The number of carbonyl (C=O) groups excluding carboxylic acids is 1.